The topological polar surface area (TPSA) is 53.3 Å². The molecule has 0 saturated heterocycles. The van der Waals surface area contributed by atoms with E-state index in [1.54, 1.807) is 7.11 Å². The zero-order valence-corrected chi connectivity index (χ0v) is 21.1. The fourth-order valence-electron chi connectivity index (χ4n) is 4.63. The van der Waals surface area contributed by atoms with Crippen LogP contribution >= 0.6 is 0 Å². The number of methoxy groups -OCH3 is 1. The van der Waals surface area contributed by atoms with Crippen LogP contribution in [-0.2, 0) is 6.54 Å². The Morgan fingerprint density at radius 2 is 1.54 bits per heavy atom. The lowest BCUT2D eigenvalue weighted by Gasteiger charge is -2.15. The minimum absolute atomic E-state index is 0.00933. The van der Waals surface area contributed by atoms with Gasteiger partial charge in [0.1, 0.15) is 17.3 Å². The van der Waals surface area contributed by atoms with Crippen molar-refractivity contribution in [1.29, 1.82) is 0 Å². The maximum atomic E-state index is 13.3. The summed E-state index contributed by atoms with van der Waals surface area (Å²) in [5, 5.41) is 0.655. The molecule has 3 aromatic carbocycles. The van der Waals surface area contributed by atoms with E-state index in [9.17, 15) is 4.79 Å². The summed E-state index contributed by atoms with van der Waals surface area (Å²) in [7, 11) is 1.65. The number of aromatic nitrogens is 2. The number of nitrogens with zero attached hydrogens (tertiary/aromatic N) is 2. The highest BCUT2D eigenvalue weighted by molar-refractivity contribution is 5.79. The predicted octanol–water partition coefficient (Wildman–Crippen LogP) is 6.64. The van der Waals surface area contributed by atoms with Crippen LogP contribution in [0.1, 0.15) is 42.4 Å². The molecule has 0 aliphatic heterocycles. The molecule has 4 aromatic rings. The Morgan fingerprint density at radius 1 is 0.857 bits per heavy atom. The van der Waals surface area contributed by atoms with Crippen LogP contribution in [0.5, 0.6) is 11.5 Å². The van der Waals surface area contributed by atoms with E-state index in [2.05, 4.69) is 32.9 Å². The molecule has 5 heteroatoms. The first-order valence-electron chi connectivity index (χ1n) is 12.3. The van der Waals surface area contributed by atoms with Gasteiger partial charge in [-0.25, -0.2) is 4.98 Å². The van der Waals surface area contributed by atoms with Gasteiger partial charge in [-0.1, -0.05) is 42.7 Å². The minimum atomic E-state index is 0.00933. The average molecular weight is 471 g/mol. The molecule has 0 aliphatic rings. The SMILES string of the molecule is COc1ccc(-c2nc3ccccc3c(=O)n2CCCCCCOc2c(C)cc(C)cc2C)cc1. The van der Waals surface area contributed by atoms with Gasteiger partial charge in [0.05, 0.1) is 24.6 Å². The maximum absolute atomic E-state index is 13.3. The summed E-state index contributed by atoms with van der Waals surface area (Å²) in [6.07, 6.45) is 3.97. The van der Waals surface area contributed by atoms with E-state index < -0.39 is 0 Å². The largest absolute Gasteiger partial charge is 0.497 e. The molecule has 0 amide bonds. The van der Waals surface area contributed by atoms with Crippen LogP contribution in [0.3, 0.4) is 0 Å². The highest BCUT2D eigenvalue weighted by Crippen LogP contribution is 2.25. The fraction of sp³-hybridized carbons (Fsp3) is 0.333. The first kappa shape index (κ1) is 24.5. The summed E-state index contributed by atoms with van der Waals surface area (Å²) in [6, 6.07) is 19.6. The molecule has 1 aromatic heterocycles. The van der Waals surface area contributed by atoms with Crippen molar-refractivity contribution in [1.82, 2.24) is 9.55 Å². The van der Waals surface area contributed by atoms with Crippen molar-refractivity contribution in [3.05, 3.63) is 87.7 Å². The Morgan fingerprint density at radius 3 is 2.26 bits per heavy atom. The molecule has 0 radical (unpaired) electrons. The second-order valence-electron chi connectivity index (χ2n) is 9.13. The monoisotopic (exact) mass is 470 g/mol. The highest BCUT2D eigenvalue weighted by Gasteiger charge is 2.13. The second kappa shape index (κ2) is 11.2. The number of fused-ring (bicyclic) bond motifs is 1. The molecule has 0 atom stereocenters. The molecule has 0 bridgehead atoms. The van der Waals surface area contributed by atoms with Crippen molar-refractivity contribution in [2.24, 2.45) is 0 Å². The molecule has 182 valence electrons. The average Bonchev–Trinajstić information content (AvgIpc) is 2.85. The van der Waals surface area contributed by atoms with Crippen LogP contribution in [0.2, 0.25) is 0 Å². The summed E-state index contributed by atoms with van der Waals surface area (Å²) >= 11 is 0. The first-order chi connectivity index (χ1) is 17.0. The van der Waals surface area contributed by atoms with Crippen LogP contribution in [0.4, 0.5) is 0 Å². The highest BCUT2D eigenvalue weighted by atomic mass is 16.5. The lowest BCUT2D eigenvalue weighted by Crippen LogP contribution is -2.23. The van der Waals surface area contributed by atoms with Crippen molar-refractivity contribution in [3.63, 3.8) is 0 Å². The summed E-state index contributed by atoms with van der Waals surface area (Å²) in [5.41, 5.74) is 5.28. The van der Waals surface area contributed by atoms with Gasteiger partial charge in [0.25, 0.3) is 5.56 Å². The number of benzene rings is 3. The molecular formula is C30H34N2O3. The molecule has 0 aliphatic carbocycles. The lowest BCUT2D eigenvalue weighted by atomic mass is 10.1. The molecule has 0 spiro atoms. The van der Waals surface area contributed by atoms with Gasteiger partial charge in [-0.2, -0.15) is 0 Å². The van der Waals surface area contributed by atoms with E-state index in [0.29, 0.717) is 24.4 Å². The van der Waals surface area contributed by atoms with E-state index >= 15 is 0 Å². The number of unbranched alkanes of at least 4 members (excludes halogenated alkanes) is 3. The Kier molecular flexibility index (Phi) is 7.86. The summed E-state index contributed by atoms with van der Waals surface area (Å²) < 4.78 is 13.2. The molecule has 5 nitrogen and oxygen atoms in total. The van der Waals surface area contributed by atoms with E-state index in [4.69, 9.17) is 14.5 Å². The van der Waals surface area contributed by atoms with Gasteiger partial charge >= 0.3 is 0 Å². The van der Waals surface area contributed by atoms with Crippen molar-refractivity contribution >= 4 is 10.9 Å². The molecule has 0 unspecified atom stereocenters. The third kappa shape index (κ3) is 5.73. The van der Waals surface area contributed by atoms with Crippen LogP contribution in [0.25, 0.3) is 22.3 Å². The van der Waals surface area contributed by atoms with Crippen molar-refractivity contribution in [2.75, 3.05) is 13.7 Å². The molecule has 4 rings (SSSR count). The number of para-hydroxylation sites is 1. The maximum Gasteiger partial charge on any atom is 0.261 e. The summed E-state index contributed by atoms with van der Waals surface area (Å²) in [4.78, 5) is 18.2. The van der Waals surface area contributed by atoms with Crippen LogP contribution in [-0.4, -0.2) is 23.3 Å². The van der Waals surface area contributed by atoms with E-state index in [0.717, 1.165) is 48.3 Å². The standard InChI is InChI=1S/C30H34N2O3/c1-21-19-22(2)28(23(3)20-21)35-18-10-6-5-9-17-32-29(24-13-15-25(34-4)16-14-24)31-27-12-8-7-11-26(27)30(32)33/h7-8,11-16,19-20H,5-6,9-10,17-18H2,1-4H3. The molecule has 1 heterocycles. The van der Waals surface area contributed by atoms with Gasteiger partial charge in [-0.05, 0) is 81.1 Å². The normalized spacial score (nSPS) is 11.1. The second-order valence-corrected chi connectivity index (χ2v) is 9.13. The molecule has 35 heavy (non-hydrogen) atoms. The van der Waals surface area contributed by atoms with E-state index in [-0.39, 0.29) is 5.56 Å². The van der Waals surface area contributed by atoms with Gasteiger partial charge < -0.3 is 9.47 Å². The number of hydrogen-bond acceptors (Lipinski definition) is 4. The van der Waals surface area contributed by atoms with Crippen molar-refractivity contribution in [2.45, 2.75) is 53.0 Å². The number of ether oxygens (including phenoxy) is 2. The summed E-state index contributed by atoms with van der Waals surface area (Å²) in [5.74, 6) is 2.49. The van der Waals surface area contributed by atoms with Crippen LogP contribution in [0.15, 0.2) is 65.5 Å². The van der Waals surface area contributed by atoms with Crippen molar-refractivity contribution in [3.8, 4) is 22.9 Å². The van der Waals surface area contributed by atoms with Crippen molar-refractivity contribution < 1.29 is 9.47 Å². The molecule has 0 saturated carbocycles. The lowest BCUT2D eigenvalue weighted by molar-refractivity contribution is 0.300. The zero-order chi connectivity index (χ0) is 24.8. The molecule has 0 N–H and O–H groups in total. The van der Waals surface area contributed by atoms with E-state index in [1.807, 2.05) is 53.1 Å². The zero-order valence-electron chi connectivity index (χ0n) is 21.1. The van der Waals surface area contributed by atoms with Crippen LogP contribution < -0.4 is 15.0 Å². The van der Waals surface area contributed by atoms with Gasteiger partial charge in [-0.15, -0.1) is 0 Å². The Bertz CT molecular complexity index is 1330. The Hall–Kier alpha value is -3.60. The number of rotatable bonds is 10. The molecular weight excluding hydrogens is 436 g/mol. The predicted molar refractivity (Wildman–Crippen MR) is 143 cm³/mol. The Labute approximate surface area is 207 Å². The first-order valence-corrected chi connectivity index (χ1v) is 12.3. The number of hydrogen-bond donors (Lipinski definition) is 0. The van der Waals surface area contributed by atoms with E-state index in [1.165, 1.54) is 16.7 Å². The fourth-order valence-corrected chi connectivity index (χ4v) is 4.63. The molecule has 0 fully saturated rings. The summed E-state index contributed by atoms with van der Waals surface area (Å²) in [6.45, 7) is 7.66. The third-order valence-electron chi connectivity index (χ3n) is 6.34. The third-order valence-corrected chi connectivity index (χ3v) is 6.34. The minimum Gasteiger partial charge on any atom is -0.497 e. The van der Waals surface area contributed by atoms with Gasteiger partial charge in [0.2, 0.25) is 0 Å². The smallest absolute Gasteiger partial charge is 0.261 e. The van der Waals surface area contributed by atoms with Crippen LogP contribution in [0, 0.1) is 20.8 Å². The van der Waals surface area contributed by atoms with Gasteiger partial charge in [0, 0.05) is 12.1 Å². The quantitative estimate of drug-likeness (QED) is 0.244. The Balaban J connectivity index is 1.40. The number of aryl methyl sites for hydroxylation is 3. The van der Waals surface area contributed by atoms with Gasteiger partial charge in [0.15, 0.2) is 0 Å². The van der Waals surface area contributed by atoms with Gasteiger partial charge in [-0.3, -0.25) is 9.36 Å².